The molecule has 0 unspecified atom stereocenters. The molecule has 2 N–H and O–H groups in total. The van der Waals surface area contributed by atoms with E-state index >= 15 is 0 Å². The van der Waals surface area contributed by atoms with Crippen molar-refractivity contribution in [2.24, 2.45) is 0 Å². The molecule has 0 spiro atoms. The van der Waals surface area contributed by atoms with Gasteiger partial charge in [0.2, 0.25) is 0 Å². The summed E-state index contributed by atoms with van der Waals surface area (Å²) in [6.45, 7) is 1.74. The third kappa shape index (κ3) is 2.95. The number of nitrogens with zero attached hydrogens (tertiary/aromatic N) is 1. The first-order chi connectivity index (χ1) is 9.51. The van der Waals surface area contributed by atoms with Crippen molar-refractivity contribution in [1.82, 2.24) is 4.98 Å². The molecule has 1 aromatic carbocycles. The maximum absolute atomic E-state index is 12.0. The Bertz CT molecular complexity index is 775. The zero-order valence-corrected chi connectivity index (χ0v) is 12.1. The number of aryl methyl sites for hydroxylation is 1. The van der Waals surface area contributed by atoms with E-state index in [2.05, 4.69) is 26.2 Å². The predicted molar refractivity (Wildman–Crippen MR) is 78.6 cm³/mol. The van der Waals surface area contributed by atoms with E-state index in [1.165, 1.54) is 12.3 Å². The van der Waals surface area contributed by atoms with Gasteiger partial charge in [-0.2, -0.15) is 5.26 Å². The van der Waals surface area contributed by atoms with Gasteiger partial charge in [-0.1, -0.05) is 0 Å². The highest BCUT2D eigenvalue weighted by atomic mass is 79.9. The molecule has 0 aliphatic rings. The summed E-state index contributed by atoms with van der Waals surface area (Å²) in [5.41, 5.74) is 1.35. The van der Waals surface area contributed by atoms with Crippen LogP contribution >= 0.6 is 15.9 Å². The van der Waals surface area contributed by atoms with E-state index in [4.69, 9.17) is 5.26 Å². The molecule has 1 aromatic heterocycles. The summed E-state index contributed by atoms with van der Waals surface area (Å²) >= 11 is 3.27. The van der Waals surface area contributed by atoms with E-state index in [0.717, 1.165) is 0 Å². The highest BCUT2D eigenvalue weighted by Crippen LogP contribution is 2.23. The fourth-order valence-electron chi connectivity index (χ4n) is 1.63. The van der Waals surface area contributed by atoms with E-state index in [1.54, 1.807) is 25.1 Å². The third-order valence-corrected chi connectivity index (χ3v) is 3.30. The van der Waals surface area contributed by atoms with Gasteiger partial charge in [0, 0.05) is 22.4 Å². The fourth-order valence-corrected chi connectivity index (χ4v) is 2.10. The fraction of sp³-hybridized carbons (Fsp3) is 0.0714. The molecule has 0 atom stereocenters. The van der Waals surface area contributed by atoms with Gasteiger partial charge in [-0.05, 0) is 41.1 Å². The number of carbonyl (C=O) groups is 1. The number of benzene rings is 1. The zero-order valence-electron chi connectivity index (χ0n) is 10.5. The van der Waals surface area contributed by atoms with Crippen LogP contribution in [-0.4, -0.2) is 10.9 Å². The lowest BCUT2D eigenvalue weighted by Gasteiger charge is -2.07. The van der Waals surface area contributed by atoms with Crippen LogP contribution in [-0.2, 0) is 0 Å². The van der Waals surface area contributed by atoms with Crippen molar-refractivity contribution in [3.8, 4) is 6.07 Å². The lowest BCUT2D eigenvalue weighted by atomic mass is 10.2. The molecule has 0 radical (unpaired) electrons. The Balaban J connectivity index is 2.28. The van der Waals surface area contributed by atoms with Crippen molar-refractivity contribution in [2.45, 2.75) is 6.92 Å². The Morgan fingerprint density at radius 2 is 2.15 bits per heavy atom. The van der Waals surface area contributed by atoms with E-state index in [0.29, 0.717) is 21.4 Å². The van der Waals surface area contributed by atoms with Crippen molar-refractivity contribution in [2.75, 3.05) is 5.32 Å². The number of carbonyl (C=O) groups excluding carboxylic acids is 1. The van der Waals surface area contributed by atoms with Crippen LogP contribution in [0.4, 0.5) is 5.69 Å². The minimum Gasteiger partial charge on any atom is -0.364 e. The molecule has 0 aliphatic heterocycles. The number of halogens is 1. The second kappa shape index (κ2) is 5.72. The van der Waals surface area contributed by atoms with Gasteiger partial charge in [-0.3, -0.25) is 9.59 Å². The number of aromatic nitrogens is 1. The average Bonchev–Trinajstić information content (AvgIpc) is 2.40. The highest BCUT2D eigenvalue weighted by molar-refractivity contribution is 9.10. The van der Waals surface area contributed by atoms with Crippen LogP contribution in [0.2, 0.25) is 0 Å². The molecular weight excluding hydrogens is 322 g/mol. The lowest BCUT2D eigenvalue weighted by Crippen LogP contribution is -2.21. The SMILES string of the molecule is Cc1cc(=O)c(C(=O)Nc2ccc(C#N)cc2Br)c[nH]1. The zero-order chi connectivity index (χ0) is 14.7. The molecule has 1 heterocycles. The number of hydrogen-bond acceptors (Lipinski definition) is 3. The van der Waals surface area contributed by atoms with E-state index in [-0.39, 0.29) is 11.0 Å². The molecule has 0 fully saturated rings. The molecular formula is C14H10BrN3O2. The quantitative estimate of drug-likeness (QED) is 0.886. The molecule has 1 amide bonds. The van der Waals surface area contributed by atoms with Crippen molar-refractivity contribution in [3.05, 3.63) is 62.0 Å². The van der Waals surface area contributed by atoms with Crippen LogP contribution < -0.4 is 10.7 Å². The lowest BCUT2D eigenvalue weighted by molar-refractivity contribution is 0.102. The summed E-state index contributed by atoms with van der Waals surface area (Å²) in [7, 11) is 0. The Kier molecular flexibility index (Phi) is 4.01. The summed E-state index contributed by atoms with van der Waals surface area (Å²) in [5, 5.41) is 11.4. The minimum absolute atomic E-state index is 0.0341. The number of hydrogen-bond donors (Lipinski definition) is 2. The second-order valence-corrected chi connectivity index (χ2v) is 5.01. The number of aromatic amines is 1. The normalized spacial score (nSPS) is 9.85. The summed E-state index contributed by atoms with van der Waals surface area (Å²) in [6, 6.07) is 8.14. The number of H-pyrrole nitrogens is 1. The van der Waals surface area contributed by atoms with Crippen molar-refractivity contribution in [3.63, 3.8) is 0 Å². The van der Waals surface area contributed by atoms with Gasteiger partial charge in [0.05, 0.1) is 17.3 Å². The Morgan fingerprint density at radius 3 is 2.75 bits per heavy atom. The Labute approximate surface area is 123 Å². The average molecular weight is 332 g/mol. The summed E-state index contributed by atoms with van der Waals surface area (Å²) < 4.78 is 0.577. The van der Waals surface area contributed by atoms with Crippen molar-refractivity contribution < 1.29 is 4.79 Å². The maximum Gasteiger partial charge on any atom is 0.261 e. The summed E-state index contributed by atoms with van der Waals surface area (Å²) in [5.74, 6) is -0.503. The van der Waals surface area contributed by atoms with Crippen molar-refractivity contribution >= 4 is 27.5 Å². The third-order valence-electron chi connectivity index (χ3n) is 2.65. The molecule has 2 aromatic rings. The Hall–Kier alpha value is -2.39. The van der Waals surface area contributed by atoms with Gasteiger partial charge in [-0.15, -0.1) is 0 Å². The first-order valence-electron chi connectivity index (χ1n) is 5.71. The van der Waals surface area contributed by atoms with Gasteiger partial charge in [0.25, 0.3) is 5.91 Å². The molecule has 2 rings (SSSR count). The number of anilines is 1. The van der Waals surface area contributed by atoms with Gasteiger partial charge in [-0.25, -0.2) is 0 Å². The van der Waals surface area contributed by atoms with E-state index in [1.807, 2.05) is 6.07 Å². The van der Waals surface area contributed by atoms with E-state index < -0.39 is 5.91 Å². The predicted octanol–water partition coefficient (Wildman–Crippen LogP) is 2.57. The molecule has 20 heavy (non-hydrogen) atoms. The van der Waals surface area contributed by atoms with Gasteiger partial charge >= 0.3 is 0 Å². The summed E-state index contributed by atoms with van der Waals surface area (Å²) in [6.07, 6.45) is 1.38. The first kappa shape index (κ1) is 14.0. The minimum atomic E-state index is -0.503. The van der Waals surface area contributed by atoms with Gasteiger partial charge in [0.1, 0.15) is 5.56 Å². The van der Waals surface area contributed by atoms with Crippen LogP contribution in [0, 0.1) is 18.3 Å². The standard InChI is InChI=1S/C14H10BrN3O2/c1-8-4-13(19)10(7-17-8)14(20)18-12-3-2-9(6-16)5-11(12)15/h2-5,7H,1H3,(H,17,19)(H,18,20). The maximum atomic E-state index is 12.0. The molecule has 0 aliphatic carbocycles. The number of amides is 1. The smallest absolute Gasteiger partial charge is 0.261 e. The largest absolute Gasteiger partial charge is 0.364 e. The number of nitrogens with one attached hydrogen (secondary N) is 2. The molecule has 100 valence electrons. The molecule has 6 heteroatoms. The molecule has 5 nitrogen and oxygen atoms in total. The van der Waals surface area contributed by atoms with Gasteiger partial charge in [0.15, 0.2) is 5.43 Å². The van der Waals surface area contributed by atoms with Crippen LogP contribution in [0.5, 0.6) is 0 Å². The second-order valence-electron chi connectivity index (χ2n) is 4.15. The summed E-state index contributed by atoms with van der Waals surface area (Å²) in [4.78, 5) is 26.6. The monoisotopic (exact) mass is 331 g/mol. The van der Waals surface area contributed by atoms with Crippen LogP contribution in [0.15, 0.2) is 39.7 Å². The van der Waals surface area contributed by atoms with Crippen LogP contribution in [0.25, 0.3) is 0 Å². The number of pyridine rings is 1. The van der Waals surface area contributed by atoms with Gasteiger partial charge < -0.3 is 10.3 Å². The van der Waals surface area contributed by atoms with Crippen LogP contribution in [0.3, 0.4) is 0 Å². The molecule has 0 bridgehead atoms. The molecule has 0 saturated heterocycles. The number of rotatable bonds is 2. The Morgan fingerprint density at radius 1 is 1.40 bits per heavy atom. The number of nitriles is 1. The van der Waals surface area contributed by atoms with E-state index in [9.17, 15) is 9.59 Å². The first-order valence-corrected chi connectivity index (χ1v) is 6.51. The van der Waals surface area contributed by atoms with Crippen LogP contribution in [0.1, 0.15) is 21.6 Å². The molecule has 0 saturated carbocycles. The van der Waals surface area contributed by atoms with Crippen molar-refractivity contribution in [1.29, 1.82) is 5.26 Å². The topological polar surface area (TPSA) is 85.8 Å². The highest BCUT2D eigenvalue weighted by Gasteiger charge is 2.12.